The molecule has 2 rings (SSSR count). The van der Waals surface area contributed by atoms with Crippen molar-refractivity contribution in [1.29, 1.82) is 0 Å². The molecule has 0 radical (unpaired) electrons. The molecule has 0 spiro atoms. The van der Waals surface area contributed by atoms with E-state index in [0.29, 0.717) is 19.8 Å². The van der Waals surface area contributed by atoms with E-state index in [4.69, 9.17) is 14.2 Å². The van der Waals surface area contributed by atoms with E-state index in [1.165, 1.54) is 0 Å². The lowest BCUT2D eigenvalue weighted by Crippen LogP contribution is -2.17. The lowest BCUT2D eigenvalue weighted by atomic mass is 10.1. The average Bonchev–Trinajstić information content (AvgIpc) is 2.96. The van der Waals surface area contributed by atoms with Gasteiger partial charge < -0.3 is 19.3 Å². The summed E-state index contributed by atoms with van der Waals surface area (Å²) >= 11 is 0. The van der Waals surface area contributed by atoms with E-state index in [-0.39, 0.29) is 6.10 Å². The van der Waals surface area contributed by atoms with Crippen molar-refractivity contribution in [3.63, 3.8) is 0 Å². The lowest BCUT2D eigenvalue weighted by Gasteiger charge is -2.15. The highest BCUT2D eigenvalue weighted by atomic mass is 16.5. The molecule has 0 aliphatic carbocycles. The summed E-state index contributed by atoms with van der Waals surface area (Å²) in [6, 6.07) is 7.52. The average molecular weight is 266 g/mol. The Morgan fingerprint density at radius 3 is 2.79 bits per heavy atom. The molecule has 106 valence electrons. The molecule has 0 saturated carbocycles. The van der Waals surface area contributed by atoms with Crippen molar-refractivity contribution in [2.24, 2.45) is 0 Å². The van der Waals surface area contributed by atoms with Gasteiger partial charge in [0.05, 0.1) is 25.9 Å². The van der Waals surface area contributed by atoms with Crippen LogP contribution >= 0.6 is 0 Å². The van der Waals surface area contributed by atoms with Crippen LogP contribution in [-0.2, 0) is 9.47 Å². The number of aliphatic hydroxyl groups excluding tert-OH is 1. The van der Waals surface area contributed by atoms with Gasteiger partial charge in [-0.05, 0) is 30.5 Å². The highest BCUT2D eigenvalue weighted by molar-refractivity contribution is 5.28. The van der Waals surface area contributed by atoms with Crippen LogP contribution in [0.4, 0.5) is 0 Å². The van der Waals surface area contributed by atoms with Gasteiger partial charge in [-0.2, -0.15) is 0 Å². The summed E-state index contributed by atoms with van der Waals surface area (Å²) in [5, 5.41) is 10.0. The zero-order chi connectivity index (χ0) is 13.5. The molecule has 2 atom stereocenters. The van der Waals surface area contributed by atoms with Crippen LogP contribution in [0.2, 0.25) is 0 Å². The monoisotopic (exact) mass is 266 g/mol. The molecule has 0 amide bonds. The van der Waals surface area contributed by atoms with Crippen LogP contribution in [0.5, 0.6) is 5.75 Å². The molecule has 4 heteroatoms. The minimum atomic E-state index is -0.596. The second kappa shape index (κ2) is 7.48. The molecule has 4 nitrogen and oxygen atoms in total. The Bertz CT molecular complexity index is 357. The van der Waals surface area contributed by atoms with Gasteiger partial charge in [0.25, 0.3) is 0 Å². The van der Waals surface area contributed by atoms with Crippen LogP contribution < -0.4 is 4.74 Å². The highest BCUT2D eigenvalue weighted by Crippen LogP contribution is 2.19. The van der Waals surface area contributed by atoms with Crippen LogP contribution in [0.3, 0.4) is 0 Å². The number of hydrogen-bond acceptors (Lipinski definition) is 4. The molecular weight excluding hydrogens is 244 g/mol. The van der Waals surface area contributed by atoms with Crippen molar-refractivity contribution < 1.29 is 19.3 Å². The second-order valence-electron chi connectivity index (χ2n) is 4.75. The Balaban J connectivity index is 1.79. The zero-order valence-electron chi connectivity index (χ0n) is 11.4. The Morgan fingerprint density at radius 1 is 1.37 bits per heavy atom. The maximum atomic E-state index is 10.0. The molecular formula is C15H22O4. The summed E-state index contributed by atoms with van der Waals surface area (Å²) in [6.07, 6.45) is 1.43. The van der Waals surface area contributed by atoms with Crippen molar-refractivity contribution in [2.75, 3.05) is 26.4 Å². The van der Waals surface area contributed by atoms with Gasteiger partial charge in [-0.3, -0.25) is 0 Å². The fraction of sp³-hybridized carbons (Fsp3) is 0.600. The van der Waals surface area contributed by atoms with Crippen molar-refractivity contribution in [3.05, 3.63) is 29.8 Å². The van der Waals surface area contributed by atoms with Crippen molar-refractivity contribution in [2.45, 2.75) is 32.0 Å². The van der Waals surface area contributed by atoms with Crippen molar-refractivity contribution in [3.8, 4) is 5.75 Å². The first-order valence-corrected chi connectivity index (χ1v) is 6.89. The Kier molecular flexibility index (Phi) is 5.63. The Hall–Kier alpha value is -1.10. The van der Waals surface area contributed by atoms with Gasteiger partial charge in [-0.1, -0.05) is 19.1 Å². The summed E-state index contributed by atoms with van der Waals surface area (Å²) in [6.45, 7) is 4.48. The van der Waals surface area contributed by atoms with E-state index in [0.717, 1.165) is 30.8 Å². The molecule has 2 unspecified atom stereocenters. The van der Waals surface area contributed by atoms with Crippen LogP contribution in [0.1, 0.15) is 31.4 Å². The third-order valence-corrected chi connectivity index (χ3v) is 3.12. The highest BCUT2D eigenvalue weighted by Gasteiger charge is 2.18. The molecule has 1 fully saturated rings. The normalized spacial score (nSPS) is 20.4. The number of hydrogen-bond donors (Lipinski definition) is 1. The topological polar surface area (TPSA) is 47.9 Å². The first-order chi connectivity index (χ1) is 9.29. The molecule has 1 heterocycles. The minimum absolute atomic E-state index is 0.127. The van der Waals surface area contributed by atoms with E-state index >= 15 is 0 Å². The van der Waals surface area contributed by atoms with Crippen molar-refractivity contribution in [1.82, 2.24) is 0 Å². The summed E-state index contributed by atoms with van der Waals surface area (Å²) in [5.74, 6) is 0.836. The first kappa shape index (κ1) is 14.3. The first-order valence-electron chi connectivity index (χ1n) is 6.89. The van der Waals surface area contributed by atoms with E-state index in [1.54, 1.807) is 0 Å². The largest absolute Gasteiger partial charge is 0.494 e. The van der Waals surface area contributed by atoms with Gasteiger partial charge in [0.15, 0.2) is 0 Å². The SMILES string of the molecule is CCCOc1ccc(C(O)COC2CCOC2)cc1. The number of aliphatic hydroxyl groups is 1. The van der Waals surface area contributed by atoms with E-state index < -0.39 is 6.10 Å². The zero-order valence-corrected chi connectivity index (χ0v) is 11.4. The number of rotatable bonds is 7. The van der Waals surface area contributed by atoms with Crippen LogP contribution in [0, 0.1) is 0 Å². The van der Waals surface area contributed by atoms with Crippen LogP contribution in [-0.4, -0.2) is 37.6 Å². The fourth-order valence-corrected chi connectivity index (χ4v) is 1.97. The molecule has 1 aliphatic rings. The van der Waals surface area contributed by atoms with Gasteiger partial charge in [0.1, 0.15) is 11.9 Å². The van der Waals surface area contributed by atoms with Crippen LogP contribution in [0.15, 0.2) is 24.3 Å². The minimum Gasteiger partial charge on any atom is -0.494 e. The third kappa shape index (κ3) is 4.49. The Morgan fingerprint density at radius 2 is 2.16 bits per heavy atom. The van der Waals surface area contributed by atoms with Gasteiger partial charge in [0, 0.05) is 6.61 Å². The third-order valence-electron chi connectivity index (χ3n) is 3.12. The standard InChI is InChI=1S/C15H22O4/c1-2-8-18-13-5-3-12(4-6-13)15(16)11-19-14-7-9-17-10-14/h3-6,14-16H,2,7-11H2,1H3. The van der Waals surface area contributed by atoms with E-state index in [1.807, 2.05) is 24.3 Å². The van der Waals surface area contributed by atoms with Gasteiger partial charge >= 0.3 is 0 Å². The van der Waals surface area contributed by atoms with E-state index in [9.17, 15) is 5.11 Å². The quantitative estimate of drug-likeness (QED) is 0.822. The summed E-state index contributed by atoms with van der Waals surface area (Å²) < 4.78 is 16.3. The maximum absolute atomic E-state index is 10.0. The number of ether oxygens (including phenoxy) is 3. The van der Waals surface area contributed by atoms with Crippen molar-refractivity contribution >= 4 is 0 Å². The van der Waals surface area contributed by atoms with Gasteiger partial charge in [-0.15, -0.1) is 0 Å². The van der Waals surface area contributed by atoms with E-state index in [2.05, 4.69) is 6.92 Å². The smallest absolute Gasteiger partial charge is 0.119 e. The maximum Gasteiger partial charge on any atom is 0.119 e. The molecule has 1 saturated heterocycles. The molecule has 0 aromatic heterocycles. The predicted molar refractivity (Wildman–Crippen MR) is 72.4 cm³/mol. The predicted octanol–water partition coefficient (Wildman–Crippen LogP) is 2.31. The molecule has 19 heavy (non-hydrogen) atoms. The molecule has 1 aliphatic heterocycles. The van der Waals surface area contributed by atoms with Gasteiger partial charge in [-0.25, -0.2) is 0 Å². The molecule has 0 bridgehead atoms. The fourth-order valence-electron chi connectivity index (χ4n) is 1.97. The number of benzene rings is 1. The molecule has 1 aromatic rings. The van der Waals surface area contributed by atoms with Gasteiger partial charge in [0.2, 0.25) is 0 Å². The summed E-state index contributed by atoms with van der Waals surface area (Å²) in [4.78, 5) is 0. The summed E-state index contributed by atoms with van der Waals surface area (Å²) in [7, 11) is 0. The molecule has 1 aromatic carbocycles. The lowest BCUT2D eigenvalue weighted by molar-refractivity contribution is -0.0131. The second-order valence-corrected chi connectivity index (χ2v) is 4.75. The Labute approximate surface area is 114 Å². The summed E-state index contributed by atoms with van der Waals surface area (Å²) in [5.41, 5.74) is 0.850. The molecule has 1 N–H and O–H groups in total. The van der Waals surface area contributed by atoms with Crippen LogP contribution in [0.25, 0.3) is 0 Å².